The van der Waals surface area contributed by atoms with E-state index < -0.39 is 5.82 Å². The fourth-order valence-corrected chi connectivity index (χ4v) is 3.24. The van der Waals surface area contributed by atoms with Crippen molar-refractivity contribution in [1.82, 2.24) is 4.98 Å². The number of benzene rings is 2. The minimum absolute atomic E-state index is 0.0248. The van der Waals surface area contributed by atoms with Gasteiger partial charge >= 0.3 is 0 Å². The van der Waals surface area contributed by atoms with E-state index >= 15 is 0 Å². The molecule has 122 valence electrons. The first-order valence-corrected chi connectivity index (χ1v) is 8.53. The number of halogens is 2. The maximum Gasteiger partial charge on any atom is 0.230 e. The van der Waals surface area contributed by atoms with Gasteiger partial charge in [-0.05, 0) is 31.2 Å². The van der Waals surface area contributed by atoms with Gasteiger partial charge in [0.05, 0.1) is 17.1 Å². The molecule has 0 fully saturated rings. The van der Waals surface area contributed by atoms with Crippen molar-refractivity contribution in [2.45, 2.75) is 13.3 Å². The third kappa shape index (κ3) is 3.99. The standard InChI is InChI=1S/C18H14ClFN2OS/c1-11-3-2-4-12(7-11)18-22-14(10-24-18)9-17(23)21-13-5-6-16(20)15(19)8-13/h2-8,10H,9H2,1H3,(H,21,23). The number of rotatable bonds is 4. The number of aromatic nitrogens is 1. The first-order chi connectivity index (χ1) is 11.5. The van der Waals surface area contributed by atoms with Crippen LogP contribution in [-0.4, -0.2) is 10.9 Å². The Morgan fingerprint density at radius 2 is 2.12 bits per heavy atom. The molecule has 0 saturated carbocycles. The number of aryl methyl sites for hydroxylation is 1. The van der Waals surface area contributed by atoms with E-state index in [1.165, 1.54) is 29.5 Å². The third-order valence-corrected chi connectivity index (χ3v) is 4.59. The molecular weight excluding hydrogens is 347 g/mol. The largest absolute Gasteiger partial charge is 0.326 e. The number of anilines is 1. The predicted molar refractivity (Wildman–Crippen MR) is 96.0 cm³/mol. The van der Waals surface area contributed by atoms with Gasteiger partial charge in [0, 0.05) is 16.6 Å². The maximum absolute atomic E-state index is 13.1. The highest BCUT2D eigenvalue weighted by Crippen LogP contribution is 2.25. The SMILES string of the molecule is Cc1cccc(-c2nc(CC(=O)Nc3ccc(F)c(Cl)c3)cs2)c1. The van der Waals surface area contributed by atoms with Crippen LogP contribution in [0.3, 0.4) is 0 Å². The molecule has 0 aliphatic rings. The van der Waals surface area contributed by atoms with Crippen LogP contribution in [0.4, 0.5) is 10.1 Å². The molecule has 0 bridgehead atoms. The molecule has 0 radical (unpaired) electrons. The van der Waals surface area contributed by atoms with Gasteiger partial charge in [-0.25, -0.2) is 9.37 Å². The Morgan fingerprint density at radius 3 is 2.88 bits per heavy atom. The second kappa shape index (κ2) is 7.11. The number of carbonyl (C=O) groups excluding carboxylic acids is 1. The lowest BCUT2D eigenvalue weighted by Crippen LogP contribution is -2.14. The zero-order chi connectivity index (χ0) is 17.1. The molecule has 1 amide bonds. The quantitative estimate of drug-likeness (QED) is 0.704. The van der Waals surface area contributed by atoms with Crippen LogP contribution in [-0.2, 0) is 11.2 Å². The molecule has 1 heterocycles. The van der Waals surface area contributed by atoms with Crippen LogP contribution < -0.4 is 5.32 Å². The first kappa shape index (κ1) is 16.6. The Morgan fingerprint density at radius 1 is 1.29 bits per heavy atom. The highest BCUT2D eigenvalue weighted by Gasteiger charge is 2.10. The molecule has 0 atom stereocenters. The van der Waals surface area contributed by atoms with Crippen LogP contribution in [0.1, 0.15) is 11.3 Å². The zero-order valence-electron chi connectivity index (χ0n) is 12.8. The summed E-state index contributed by atoms with van der Waals surface area (Å²) >= 11 is 7.21. The summed E-state index contributed by atoms with van der Waals surface area (Å²) in [7, 11) is 0. The van der Waals surface area contributed by atoms with Gasteiger partial charge < -0.3 is 5.32 Å². The van der Waals surface area contributed by atoms with E-state index in [1.807, 2.05) is 30.5 Å². The van der Waals surface area contributed by atoms with Crippen LogP contribution in [0, 0.1) is 12.7 Å². The van der Waals surface area contributed by atoms with Gasteiger partial charge in [-0.2, -0.15) is 0 Å². The van der Waals surface area contributed by atoms with Gasteiger partial charge in [0.2, 0.25) is 5.91 Å². The predicted octanol–water partition coefficient (Wildman–Crippen LogP) is 5.09. The molecule has 0 spiro atoms. The van der Waals surface area contributed by atoms with Crippen LogP contribution in [0.25, 0.3) is 10.6 Å². The number of nitrogens with one attached hydrogen (secondary N) is 1. The molecule has 3 nitrogen and oxygen atoms in total. The maximum atomic E-state index is 13.1. The summed E-state index contributed by atoms with van der Waals surface area (Å²) in [4.78, 5) is 16.6. The molecule has 2 aromatic carbocycles. The summed E-state index contributed by atoms with van der Waals surface area (Å²) in [6.07, 6.45) is 0.150. The number of amides is 1. The van der Waals surface area contributed by atoms with E-state index in [4.69, 9.17) is 11.6 Å². The van der Waals surface area contributed by atoms with Gasteiger partial charge in [-0.15, -0.1) is 11.3 Å². The summed E-state index contributed by atoms with van der Waals surface area (Å²) in [6, 6.07) is 12.1. The van der Waals surface area contributed by atoms with E-state index in [1.54, 1.807) is 0 Å². The Balaban J connectivity index is 1.68. The van der Waals surface area contributed by atoms with Crippen molar-refractivity contribution >= 4 is 34.5 Å². The van der Waals surface area contributed by atoms with Crippen LogP contribution in [0.2, 0.25) is 5.02 Å². The van der Waals surface area contributed by atoms with E-state index in [0.717, 1.165) is 16.1 Å². The summed E-state index contributed by atoms with van der Waals surface area (Å²) < 4.78 is 13.1. The number of nitrogens with zero attached hydrogens (tertiary/aromatic N) is 1. The van der Waals surface area contributed by atoms with Gasteiger partial charge in [-0.3, -0.25) is 4.79 Å². The van der Waals surface area contributed by atoms with Crippen molar-refractivity contribution < 1.29 is 9.18 Å². The summed E-state index contributed by atoms with van der Waals surface area (Å²) in [5.41, 5.74) is 3.36. The monoisotopic (exact) mass is 360 g/mol. The molecule has 0 unspecified atom stereocenters. The summed E-state index contributed by atoms with van der Waals surface area (Å²) in [5.74, 6) is -0.740. The van der Waals surface area contributed by atoms with Gasteiger partial charge in [-0.1, -0.05) is 35.4 Å². The smallest absolute Gasteiger partial charge is 0.230 e. The Hall–Kier alpha value is -2.24. The van der Waals surface area contributed by atoms with Crippen molar-refractivity contribution in [2.24, 2.45) is 0 Å². The van der Waals surface area contributed by atoms with Gasteiger partial charge in [0.15, 0.2) is 0 Å². The molecule has 24 heavy (non-hydrogen) atoms. The molecule has 3 rings (SSSR count). The van der Waals surface area contributed by atoms with Crippen LogP contribution >= 0.6 is 22.9 Å². The molecule has 1 aromatic heterocycles. The second-order valence-corrected chi connectivity index (χ2v) is 6.63. The van der Waals surface area contributed by atoms with E-state index in [0.29, 0.717) is 11.4 Å². The molecule has 1 N–H and O–H groups in total. The highest BCUT2D eigenvalue weighted by atomic mass is 35.5. The minimum Gasteiger partial charge on any atom is -0.326 e. The Bertz CT molecular complexity index is 894. The van der Waals surface area contributed by atoms with Crippen molar-refractivity contribution in [1.29, 1.82) is 0 Å². The molecule has 6 heteroatoms. The number of thiazole rings is 1. The lowest BCUT2D eigenvalue weighted by molar-refractivity contribution is -0.115. The highest BCUT2D eigenvalue weighted by molar-refractivity contribution is 7.13. The lowest BCUT2D eigenvalue weighted by atomic mass is 10.1. The third-order valence-electron chi connectivity index (χ3n) is 3.36. The van der Waals surface area contributed by atoms with Crippen molar-refractivity contribution in [3.05, 3.63) is 69.9 Å². The topological polar surface area (TPSA) is 42.0 Å². The van der Waals surface area contributed by atoms with Gasteiger partial charge in [0.1, 0.15) is 10.8 Å². The fourth-order valence-electron chi connectivity index (χ4n) is 2.24. The number of hydrogen-bond donors (Lipinski definition) is 1. The van der Waals surface area contributed by atoms with Gasteiger partial charge in [0.25, 0.3) is 0 Å². The lowest BCUT2D eigenvalue weighted by Gasteiger charge is -2.05. The van der Waals surface area contributed by atoms with Crippen LogP contribution in [0.5, 0.6) is 0 Å². The molecule has 0 saturated heterocycles. The van der Waals surface area contributed by atoms with Crippen LogP contribution in [0.15, 0.2) is 47.8 Å². The first-order valence-electron chi connectivity index (χ1n) is 7.27. The fraction of sp³-hybridized carbons (Fsp3) is 0.111. The number of carbonyl (C=O) groups is 1. The normalized spacial score (nSPS) is 10.6. The zero-order valence-corrected chi connectivity index (χ0v) is 14.4. The number of hydrogen-bond acceptors (Lipinski definition) is 3. The van der Waals surface area contributed by atoms with E-state index in [9.17, 15) is 9.18 Å². The van der Waals surface area contributed by atoms with E-state index in [-0.39, 0.29) is 17.4 Å². The second-order valence-electron chi connectivity index (χ2n) is 5.37. The van der Waals surface area contributed by atoms with Crippen molar-refractivity contribution in [2.75, 3.05) is 5.32 Å². The van der Waals surface area contributed by atoms with E-state index in [2.05, 4.69) is 16.4 Å². The van der Waals surface area contributed by atoms with Crippen molar-refractivity contribution in [3.8, 4) is 10.6 Å². The Labute approximate surface area is 148 Å². The summed E-state index contributed by atoms with van der Waals surface area (Å²) in [5, 5.41) is 5.42. The Kier molecular flexibility index (Phi) is 4.92. The van der Waals surface area contributed by atoms with Crippen molar-refractivity contribution in [3.63, 3.8) is 0 Å². The molecule has 0 aliphatic heterocycles. The summed E-state index contributed by atoms with van der Waals surface area (Å²) in [6.45, 7) is 2.03. The molecule has 3 aromatic rings. The molecule has 0 aliphatic carbocycles. The average Bonchev–Trinajstić information content (AvgIpc) is 2.99. The average molecular weight is 361 g/mol. The minimum atomic E-state index is -0.517. The molecular formula is C18H14ClFN2OS.